The Kier molecular flexibility index (Phi) is 26.6. The van der Waals surface area contributed by atoms with Gasteiger partial charge in [0, 0.05) is 79.9 Å². The molecule has 0 aromatic rings. The first-order valence-electron chi connectivity index (χ1n) is 26.2. The second-order valence-corrected chi connectivity index (χ2v) is 23.1. The third-order valence-corrected chi connectivity index (χ3v) is 17.6. The molecule has 3 fully saturated rings. The van der Waals surface area contributed by atoms with Gasteiger partial charge in [0.25, 0.3) is 0 Å². The maximum absolute atomic E-state index is 12.5. The number of carbonyl (C=O) groups is 2. The van der Waals surface area contributed by atoms with Crippen LogP contribution in [0.25, 0.3) is 0 Å². The lowest BCUT2D eigenvalue weighted by Crippen LogP contribution is -2.63. The highest BCUT2D eigenvalue weighted by Gasteiger charge is 2.51. The molecule has 406 valence electrons. The summed E-state index contributed by atoms with van der Waals surface area (Å²) in [7, 11) is 0. The Morgan fingerprint density at radius 2 is 1.41 bits per heavy atom. The Labute approximate surface area is 417 Å². The summed E-state index contributed by atoms with van der Waals surface area (Å²) in [6.45, 7) is 14.3. The predicted molar refractivity (Wildman–Crippen MR) is 269 cm³/mol. The lowest BCUT2D eigenvalue weighted by molar-refractivity contribution is -0.183. The molecule has 0 aliphatic heterocycles. The number of hydrogen-bond donors (Lipinski definition) is 13. The molecule has 0 radical (unpaired) electrons. The van der Waals surface area contributed by atoms with E-state index in [0.29, 0.717) is 75.0 Å². The van der Waals surface area contributed by atoms with Crippen molar-refractivity contribution in [3.8, 4) is 0 Å². The number of rotatable bonds is 30. The van der Waals surface area contributed by atoms with Gasteiger partial charge in [0.2, 0.25) is 11.8 Å². The van der Waals surface area contributed by atoms with Crippen LogP contribution in [0, 0.1) is 41.4 Å². The molecule has 69 heavy (non-hydrogen) atoms. The summed E-state index contributed by atoms with van der Waals surface area (Å²) in [4.78, 5) is 25.0. The molecule has 3 aliphatic carbocycles. The largest absolute Gasteiger partial charge is 0.396 e. The van der Waals surface area contributed by atoms with E-state index in [9.17, 15) is 45.3 Å². The summed E-state index contributed by atoms with van der Waals surface area (Å²) in [5.41, 5.74) is 23.5. The molecule has 3 aliphatic rings. The maximum Gasteiger partial charge on any atom is 0.229 e. The number of aliphatic hydroxyl groups excluding tert-OH is 7. The third-order valence-electron chi connectivity index (χ3n) is 16.5. The molecule has 19 heteroatoms. The van der Waals surface area contributed by atoms with Crippen LogP contribution in [0.5, 0.6) is 0 Å². The van der Waals surface area contributed by atoms with Crippen LogP contribution in [0.1, 0.15) is 138 Å². The molecule has 0 saturated heterocycles. The van der Waals surface area contributed by atoms with Crippen LogP contribution in [0.15, 0.2) is 0 Å². The molecule has 17 N–H and O–H groups in total. The molecule has 0 heterocycles. The van der Waals surface area contributed by atoms with Crippen LogP contribution in [-0.4, -0.2) is 170 Å². The van der Waals surface area contributed by atoms with Crippen LogP contribution in [0.4, 0.5) is 0 Å². The van der Waals surface area contributed by atoms with Crippen molar-refractivity contribution >= 4 is 23.6 Å². The zero-order valence-electron chi connectivity index (χ0n) is 43.2. The van der Waals surface area contributed by atoms with Crippen molar-refractivity contribution in [2.75, 3.05) is 51.0 Å². The van der Waals surface area contributed by atoms with Crippen molar-refractivity contribution in [1.82, 2.24) is 10.6 Å². The van der Waals surface area contributed by atoms with Gasteiger partial charge in [0.1, 0.15) is 6.23 Å². The number of hydrogen-bond acceptors (Lipinski definition) is 17. The Hall–Kier alpha value is -1.27. The van der Waals surface area contributed by atoms with Gasteiger partial charge in [-0.1, -0.05) is 52.4 Å². The minimum Gasteiger partial charge on any atom is -0.396 e. The van der Waals surface area contributed by atoms with E-state index >= 15 is 0 Å². The van der Waals surface area contributed by atoms with Crippen molar-refractivity contribution < 1.29 is 59.5 Å². The average molecular weight is 1010 g/mol. The van der Waals surface area contributed by atoms with E-state index in [4.69, 9.17) is 37.1 Å². The van der Waals surface area contributed by atoms with Gasteiger partial charge in [-0.15, -0.1) is 0 Å². The topological polar surface area (TPSA) is 332 Å². The Balaban J connectivity index is 1.39. The molecule has 17 atom stereocenters. The van der Waals surface area contributed by atoms with Crippen LogP contribution in [0.3, 0.4) is 0 Å². The second kappa shape index (κ2) is 29.6. The van der Waals surface area contributed by atoms with Gasteiger partial charge in [0.15, 0.2) is 0 Å². The fourth-order valence-electron chi connectivity index (χ4n) is 10.9. The smallest absolute Gasteiger partial charge is 0.229 e. The number of nitrogens with one attached hydrogen (secondary N) is 2. The van der Waals surface area contributed by atoms with Gasteiger partial charge >= 0.3 is 0 Å². The normalized spacial score (nSPS) is 31.3. The van der Waals surface area contributed by atoms with Gasteiger partial charge in [0.05, 0.1) is 66.8 Å². The highest BCUT2D eigenvalue weighted by molar-refractivity contribution is 7.99. The van der Waals surface area contributed by atoms with Crippen molar-refractivity contribution in [2.24, 2.45) is 64.4 Å². The first kappa shape index (κ1) is 62.0. The second-order valence-electron chi connectivity index (χ2n) is 22.0. The van der Waals surface area contributed by atoms with E-state index in [0.717, 1.165) is 6.42 Å². The van der Waals surface area contributed by atoms with Crippen LogP contribution in [0.2, 0.25) is 0 Å². The van der Waals surface area contributed by atoms with Crippen molar-refractivity contribution in [3.63, 3.8) is 0 Å². The van der Waals surface area contributed by atoms with E-state index in [2.05, 4.69) is 24.5 Å². The third kappa shape index (κ3) is 18.9. The first-order chi connectivity index (χ1) is 32.4. The van der Waals surface area contributed by atoms with Crippen molar-refractivity contribution in [3.05, 3.63) is 0 Å². The van der Waals surface area contributed by atoms with Crippen LogP contribution in [-0.2, 0) is 23.8 Å². The number of aliphatic hydroxyl groups is 7. The van der Waals surface area contributed by atoms with Crippen LogP contribution < -0.4 is 33.6 Å². The summed E-state index contributed by atoms with van der Waals surface area (Å²) in [5, 5.41) is 80.6. The molecule has 0 aromatic heterocycles. The fourth-order valence-corrected chi connectivity index (χ4v) is 11.7. The first-order valence-corrected chi connectivity index (χ1v) is 27.3. The minimum atomic E-state index is -1.35. The maximum atomic E-state index is 12.5. The molecule has 3 rings (SSSR count). The number of nitrogens with two attached hydrogens (primary N) is 4. The lowest BCUT2D eigenvalue weighted by Gasteiger charge is -2.50. The van der Waals surface area contributed by atoms with Gasteiger partial charge in [-0.3, -0.25) is 9.59 Å². The summed E-state index contributed by atoms with van der Waals surface area (Å²) in [6.07, 6.45) is 3.21. The molecule has 0 aromatic carbocycles. The number of amides is 2. The summed E-state index contributed by atoms with van der Waals surface area (Å²) >= 11 is 1.50. The summed E-state index contributed by atoms with van der Waals surface area (Å²) in [5.74, 6) is -0.573. The molecule has 0 spiro atoms. The van der Waals surface area contributed by atoms with Gasteiger partial charge in [-0.25, -0.2) is 0 Å². The van der Waals surface area contributed by atoms with Gasteiger partial charge in [-0.05, 0) is 97.2 Å². The SMILES string of the molecule is CCC(C)(OCC1CC(C(C)(C)OCC(CC(OCCCNC(=O)CCCSCC(=O)NCCC(C)(N)C(C)C2CCCCCC2)C(N)O)C(C)O)C(N)C(O)C1O)C1CC(CO)C(O)C(O)C1N. The van der Waals surface area contributed by atoms with E-state index in [1.807, 2.05) is 27.7 Å². The van der Waals surface area contributed by atoms with Gasteiger partial charge < -0.3 is 83.5 Å². The van der Waals surface area contributed by atoms with E-state index in [1.54, 1.807) is 6.92 Å². The zero-order chi connectivity index (χ0) is 51.7. The Bertz CT molecular complexity index is 1480. The molecule has 3 saturated carbocycles. The Morgan fingerprint density at radius 3 is 2.00 bits per heavy atom. The highest BCUT2D eigenvalue weighted by Crippen LogP contribution is 2.43. The molecular formula is C50H98N6O12S. The molecule has 18 nitrogen and oxygen atoms in total. The number of ether oxygens (including phenoxy) is 3. The number of carbonyl (C=O) groups excluding carboxylic acids is 2. The monoisotopic (exact) mass is 1010 g/mol. The van der Waals surface area contributed by atoms with E-state index < -0.39 is 95.7 Å². The summed E-state index contributed by atoms with van der Waals surface area (Å²) < 4.78 is 18.9. The zero-order valence-corrected chi connectivity index (χ0v) is 44.0. The Morgan fingerprint density at radius 1 is 0.812 bits per heavy atom. The molecular weight excluding hydrogens is 909 g/mol. The van der Waals surface area contributed by atoms with Crippen LogP contribution >= 0.6 is 11.8 Å². The molecule has 2 amide bonds. The molecule has 17 unspecified atom stereocenters. The average Bonchev–Trinajstić information content (AvgIpc) is 3.59. The molecule has 0 bridgehead atoms. The quantitative estimate of drug-likeness (QED) is 0.0273. The minimum absolute atomic E-state index is 0.0228. The van der Waals surface area contributed by atoms with Crippen molar-refractivity contribution in [1.29, 1.82) is 0 Å². The fraction of sp³-hybridized carbons (Fsp3) is 0.960. The lowest BCUT2D eigenvalue weighted by atomic mass is 9.67. The standard InChI is InChI=1S/C50H98N6O12S/c1-8-50(7,37-23-33(26-57)43(61)46(64)42(37)52)68-28-35-24-36(41(51)45(63)44(35)62)48(4,5)67-27-34(31(3)58)25-38(47(53)65)66-21-14-19-55-39(59)17-13-22-69-29-40(60)56-20-18-49(6,54)30(2)32-15-11-9-10-12-16-32/h30-38,41-47,57-58,61-65H,8-29,51-54H2,1-7H3,(H,55,59)(H,56,60). The van der Waals surface area contributed by atoms with Crippen molar-refractivity contribution in [2.45, 2.75) is 210 Å². The highest BCUT2D eigenvalue weighted by atomic mass is 32.2. The predicted octanol–water partition coefficient (Wildman–Crippen LogP) is 1.23. The van der Waals surface area contributed by atoms with Gasteiger partial charge in [-0.2, -0.15) is 11.8 Å². The van der Waals surface area contributed by atoms with E-state index in [1.165, 1.54) is 50.3 Å². The summed E-state index contributed by atoms with van der Waals surface area (Å²) in [6, 6.07) is -1.66. The van der Waals surface area contributed by atoms with E-state index in [-0.39, 0.29) is 50.2 Å². The number of thioether (sulfide) groups is 1.